The summed E-state index contributed by atoms with van der Waals surface area (Å²) in [4.78, 5) is 12.2. The van der Waals surface area contributed by atoms with Crippen molar-refractivity contribution >= 4 is 17.3 Å². The summed E-state index contributed by atoms with van der Waals surface area (Å²) in [6.45, 7) is 7.29. The Bertz CT molecular complexity index is 555. The number of nitrogens with one attached hydrogen (secondary N) is 1. The molecular weight excluding hydrogens is 240 g/mol. The molecule has 5 nitrogen and oxygen atoms in total. The molecule has 0 aliphatic heterocycles. The molecule has 19 heavy (non-hydrogen) atoms. The van der Waals surface area contributed by atoms with Crippen LogP contribution in [0.1, 0.15) is 25.0 Å². The van der Waals surface area contributed by atoms with Crippen LogP contribution in [0.3, 0.4) is 0 Å². The average Bonchev–Trinajstić information content (AvgIpc) is 2.33. The molecule has 1 aromatic rings. The van der Waals surface area contributed by atoms with Gasteiger partial charge in [-0.3, -0.25) is 4.79 Å². The van der Waals surface area contributed by atoms with Crippen LogP contribution in [0.5, 0.6) is 0 Å². The number of hydrazone groups is 1. The number of anilines is 1. The summed E-state index contributed by atoms with van der Waals surface area (Å²) in [6, 6.07) is 5.71. The van der Waals surface area contributed by atoms with Gasteiger partial charge in [0.2, 0.25) is 0 Å². The van der Waals surface area contributed by atoms with Crippen molar-refractivity contribution in [2.75, 3.05) is 5.32 Å². The summed E-state index contributed by atoms with van der Waals surface area (Å²) in [6.07, 6.45) is 0. The number of rotatable bonds is 3. The van der Waals surface area contributed by atoms with E-state index >= 15 is 0 Å². The zero-order chi connectivity index (χ0) is 14.6. The van der Waals surface area contributed by atoms with E-state index in [-0.39, 0.29) is 5.91 Å². The van der Waals surface area contributed by atoms with Gasteiger partial charge in [-0.25, -0.2) is 0 Å². The van der Waals surface area contributed by atoms with E-state index in [1.165, 1.54) is 5.56 Å². The number of hydrogen-bond donors (Lipinski definition) is 3. The molecule has 0 unspecified atom stereocenters. The highest BCUT2D eigenvalue weighted by atomic mass is 16.1. The maximum absolute atomic E-state index is 12.2. The van der Waals surface area contributed by atoms with Gasteiger partial charge in [0.25, 0.3) is 5.91 Å². The lowest BCUT2D eigenvalue weighted by Crippen LogP contribution is -2.23. The first-order valence-electron chi connectivity index (χ1n) is 5.96. The fourth-order valence-corrected chi connectivity index (χ4v) is 1.71. The standard InChI is InChI=1S/C14H20N4O/c1-8-5-6-12(7-9(8)2)17-14(19)13(10(3)15)11(4)18-16/h5-7H,15-16H2,1-4H3,(H,17,19). The van der Waals surface area contributed by atoms with E-state index in [2.05, 4.69) is 10.4 Å². The highest BCUT2D eigenvalue weighted by molar-refractivity contribution is 6.25. The first kappa shape index (κ1) is 14.8. The number of hydrogen-bond acceptors (Lipinski definition) is 4. The van der Waals surface area contributed by atoms with Crippen LogP contribution in [0.15, 0.2) is 34.6 Å². The molecule has 0 aliphatic rings. The fraction of sp³-hybridized carbons (Fsp3) is 0.286. The Labute approximate surface area is 113 Å². The summed E-state index contributed by atoms with van der Waals surface area (Å²) in [5, 5.41) is 6.32. The second-order valence-corrected chi connectivity index (χ2v) is 4.53. The molecule has 0 fully saturated rings. The Morgan fingerprint density at radius 2 is 1.84 bits per heavy atom. The lowest BCUT2D eigenvalue weighted by Gasteiger charge is -2.11. The predicted octanol–water partition coefficient (Wildman–Crippen LogP) is 1.81. The third kappa shape index (κ3) is 3.58. The molecule has 1 rings (SSSR count). The number of carbonyl (C=O) groups excluding carboxylic acids is 1. The minimum atomic E-state index is -0.310. The van der Waals surface area contributed by atoms with Crippen molar-refractivity contribution < 1.29 is 4.79 Å². The molecule has 102 valence electrons. The van der Waals surface area contributed by atoms with Crippen LogP contribution in [0.4, 0.5) is 5.69 Å². The van der Waals surface area contributed by atoms with Crippen LogP contribution in [-0.4, -0.2) is 11.6 Å². The number of carbonyl (C=O) groups is 1. The third-order valence-corrected chi connectivity index (χ3v) is 2.94. The van der Waals surface area contributed by atoms with Crippen LogP contribution < -0.4 is 16.9 Å². The molecule has 0 saturated heterocycles. The number of allylic oxidation sites excluding steroid dienone is 1. The van der Waals surface area contributed by atoms with Crippen molar-refractivity contribution in [1.29, 1.82) is 0 Å². The van der Waals surface area contributed by atoms with E-state index in [9.17, 15) is 4.79 Å². The van der Waals surface area contributed by atoms with Crippen molar-refractivity contribution in [2.24, 2.45) is 16.7 Å². The summed E-state index contributed by atoms with van der Waals surface area (Å²) in [5.41, 5.74) is 9.79. The number of nitrogens with two attached hydrogens (primary N) is 2. The van der Waals surface area contributed by atoms with Gasteiger partial charge in [0.15, 0.2) is 0 Å². The van der Waals surface area contributed by atoms with Gasteiger partial charge >= 0.3 is 0 Å². The lowest BCUT2D eigenvalue weighted by atomic mass is 10.1. The van der Waals surface area contributed by atoms with Crippen molar-refractivity contribution in [2.45, 2.75) is 27.7 Å². The Kier molecular flexibility index (Phi) is 4.69. The Morgan fingerprint density at radius 1 is 1.21 bits per heavy atom. The monoisotopic (exact) mass is 260 g/mol. The van der Waals surface area contributed by atoms with E-state index < -0.39 is 0 Å². The average molecular weight is 260 g/mol. The van der Waals surface area contributed by atoms with E-state index in [4.69, 9.17) is 11.6 Å². The van der Waals surface area contributed by atoms with Crippen LogP contribution in [0, 0.1) is 13.8 Å². The van der Waals surface area contributed by atoms with Gasteiger partial charge in [-0.2, -0.15) is 5.10 Å². The van der Waals surface area contributed by atoms with Crippen LogP contribution in [0.2, 0.25) is 0 Å². The Balaban J connectivity index is 3.01. The Morgan fingerprint density at radius 3 is 2.32 bits per heavy atom. The van der Waals surface area contributed by atoms with E-state index in [0.717, 1.165) is 11.3 Å². The van der Waals surface area contributed by atoms with Crippen LogP contribution in [0.25, 0.3) is 0 Å². The smallest absolute Gasteiger partial charge is 0.259 e. The molecule has 0 aliphatic carbocycles. The highest BCUT2D eigenvalue weighted by Gasteiger charge is 2.15. The van der Waals surface area contributed by atoms with Crippen molar-refractivity contribution in [1.82, 2.24) is 0 Å². The van der Waals surface area contributed by atoms with E-state index in [1.54, 1.807) is 13.8 Å². The molecule has 1 aromatic carbocycles. The molecule has 0 atom stereocenters. The maximum atomic E-state index is 12.2. The van der Waals surface area contributed by atoms with Crippen LogP contribution in [-0.2, 0) is 4.79 Å². The van der Waals surface area contributed by atoms with Gasteiger partial charge in [0, 0.05) is 11.4 Å². The first-order chi connectivity index (χ1) is 8.86. The number of benzene rings is 1. The van der Waals surface area contributed by atoms with Crippen LogP contribution >= 0.6 is 0 Å². The summed E-state index contributed by atoms with van der Waals surface area (Å²) in [5.74, 6) is 4.89. The number of amides is 1. The van der Waals surface area contributed by atoms with Gasteiger partial charge in [0.1, 0.15) is 0 Å². The van der Waals surface area contributed by atoms with Gasteiger partial charge in [-0.1, -0.05) is 6.07 Å². The summed E-state index contributed by atoms with van der Waals surface area (Å²) >= 11 is 0. The van der Waals surface area contributed by atoms with Crippen molar-refractivity contribution in [3.8, 4) is 0 Å². The molecule has 0 bridgehead atoms. The van der Waals surface area contributed by atoms with Gasteiger partial charge < -0.3 is 16.9 Å². The van der Waals surface area contributed by atoms with Gasteiger partial charge in [-0.05, 0) is 51.0 Å². The minimum absolute atomic E-state index is 0.306. The topological polar surface area (TPSA) is 93.5 Å². The molecule has 5 heteroatoms. The maximum Gasteiger partial charge on any atom is 0.259 e. The third-order valence-electron chi connectivity index (χ3n) is 2.94. The summed E-state index contributed by atoms with van der Waals surface area (Å²) in [7, 11) is 0. The highest BCUT2D eigenvalue weighted by Crippen LogP contribution is 2.15. The normalized spacial score (nSPS) is 12.9. The van der Waals surface area contributed by atoms with E-state index in [1.807, 2.05) is 32.0 Å². The molecule has 0 saturated carbocycles. The zero-order valence-corrected chi connectivity index (χ0v) is 11.7. The summed E-state index contributed by atoms with van der Waals surface area (Å²) < 4.78 is 0. The number of nitrogens with zero attached hydrogens (tertiary/aromatic N) is 1. The second-order valence-electron chi connectivity index (χ2n) is 4.53. The molecule has 0 heterocycles. The quantitative estimate of drug-likeness (QED) is 0.335. The zero-order valence-electron chi connectivity index (χ0n) is 11.7. The second kappa shape index (κ2) is 6.04. The first-order valence-corrected chi connectivity index (χ1v) is 5.96. The lowest BCUT2D eigenvalue weighted by molar-refractivity contribution is -0.112. The molecule has 1 amide bonds. The molecule has 5 N–H and O–H groups in total. The molecule has 0 spiro atoms. The fourth-order valence-electron chi connectivity index (χ4n) is 1.71. The van der Waals surface area contributed by atoms with E-state index in [0.29, 0.717) is 17.0 Å². The number of aryl methyl sites for hydroxylation is 2. The minimum Gasteiger partial charge on any atom is -0.402 e. The van der Waals surface area contributed by atoms with Crippen molar-refractivity contribution in [3.63, 3.8) is 0 Å². The largest absolute Gasteiger partial charge is 0.402 e. The Hall–Kier alpha value is -2.30. The van der Waals surface area contributed by atoms with Gasteiger partial charge in [-0.15, -0.1) is 0 Å². The SMILES string of the molecule is CC(=NN)C(C(=O)Nc1ccc(C)c(C)c1)=C(C)N. The van der Waals surface area contributed by atoms with Gasteiger partial charge in [0.05, 0.1) is 11.3 Å². The molecule has 0 aromatic heterocycles. The molecule has 0 radical (unpaired) electrons. The predicted molar refractivity (Wildman–Crippen MR) is 78.7 cm³/mol. The molecular formula is C14H20N4O. The van der Waals surface area contributed by atoms with Crippen molar-refractivity contribution in [3.05, 3.63) is 40.6 Å².